The number of hydrogen-bond donors (Lipinski definition) is 6. The maximum absolute atomic E-state index is 12.9. The van der Waals surface area contributed by atoms with Crippen LogP contribution in [0.4, 0.5) is 10.7 Å². The van der Waals surface area contributed by atoms with E-state index in [1.807, 2.05) is 6.07 Å². The van der Waals surface area contributed by atoms with Gasteiger partial charge in [-0.3, -0.25) is 24.5 Å². The number of rotatable bonds is 14. The number of fused-ring (bicyclic) bond motifs is 1. The van der Waals surface area contributed by atoms with Crippen molar-refractivity contribution < 1.29 is 24.0 Å². The third-order valence-corrected chi connectivity index (χ3v) is 11.8. The monoisotopic (exact) mass is 764 g/mol. The highest BCUT2D eigenvalue weighted by Gasteiger charge is 2.40. The summed E-state index contributed by atoms with van der Waals surface area (Å²) in [4.78, 5) is 73.5. The lowest BCUT2D eigenvalue weighted by Gasteiger charge is -2.29. The minimum Gasteiger partial charge on any atom is -0.354 e. The Morgan fingerprint density at radius 1 is 1.02 bits per heavy atom. The molecule has 0 aromatic carbocycles. The molecule has 2 aliphatic carbocycles. The van der Waals surface area contributed by atoms with Crippen molar-refractivity contribution in [2.45, 2.75) is 89.0 Å². The summed E-state index contributed by atoms with van der Waals surface area (Å²) in [6, 6.07) is 3.37. The molecule has 6 amide bonds. The van der Waals surface area contributed by atoms with E-state index in [4.69, 9.17) is 16.6 Å². The molecule has 0 spiro atoms. The van der Waals surface area contributed by atoms with Gasteiger partial charge in [0.2, 0.25) is 23.7 Å². The quantitative estimate of drug-likeness (QED) is 0.106. The molecule has 15 nitrogen and oxygen atoms in total. The molecule has 2 aliphatic heterocycles. The van der Waals surface area contributed by atoms with Gasteiger partial charge in [0.05, 0.1) is 34.9 Å². The minimum atomic E-state index is -0.650. The summed E-state index contributed by atoms with van der Waals surface area (Å²) >= 11 is 7.85. The molecule has 7 rings (SSSR count). The third kappa shape index (κ3) is 8.99. The summed E-state index contributed by atoms with van der Waals surface area (Å²) in [5.41, 5.74) is 3.90. The van der Waals surface area contributed by atoms with Gasteiger partial charge in [-0.1, -0.05) is 11.6 Å². The number of aryl methyl sites for hydroxylation is 1. The number of nitrogens with one attached hydrogen (secondary N) is 6. The van der Waals surface area contributed by atoms with E-state index in [2.05, 4.69) is 60.8 Å². The van der Waals surface area contributed by atoms with Gasteiger partial charge in [-0.2, -0.15) is 0 Å². The zero-order chi connectivity index (χ0) is 37.1. The number of piperidine rings is 1. The summed E-state index contributed by atoms with van der Waals surface area (Å²) in [7, 11) is 2.07. The fourth-order valence-electron chi connectivity index (χ4n) is 7.27. The molecule has 53 heavy (non-hydrogen) atoms. The number of hydrogen-bond acceptors (Lipinski definition) is 10. The first-order chi connectivity index (χ1) is 25.6. The molecular formula is C36H45ClN10O5S. The highest BCUT2D eigenvalue weighted by atomic mass is 35.5. The first kappa shape index (κ1) is 36.8. The van der Waals surface area contributed by atoms with Crippen LogP contribution in [0.3, 0.4) is 0 Å². The van der Waals surface area contributed by atoms with Crippen LogP contribution in [0.2, 0.25) is 5.02 Å². The van der Waals surface area contributed by atoms with Crippen molar-refractivity contribution in [1.82, 2.24) is 46.0 Å². The molecule has 5 heterocycles. The van der Waals surface area contributed by atoms with Crippen molar-refractivity contribution in [3.05, 3.63) is 50.6 Å². The van der Waals surface area contributed by atoms with Gasteiger partial charge < -0.3 is 36.1 Å². The number of nitrogens with zero attached hydrogens (tertiary/aromatic N) is 4. The Labute approximate surface area is 316 Å². The molecule has 3 aromatic heterocycles. The van der Waals surface area contributed by atoms with Gasteiger partial charge in [0.15, 0.2) is 0 Å². The normalized spacial score (nSPS) is 21.3. The molecule has 1 saturated heterocycles. The van der Waals surface area contributed by atoms with E-state index >= 15 is 0 Å². The van der Waals surface area contributed by atoms with E-state index < -0.39 is 11.9 Å². The van der Waals surface area contributed by atoms with Crippen molar-refractivity contribution in [1.29, 1.82) is 0 Å². The fourth-order valence-corrected chi connectivity index (χ4v) is 8.53. The Balaban J connectivity index is 0.759. The second kappa shape index (κ2) is 16.2. The number of urea groups is 1. The average molecular weight is 765 g/mol. The Morgan fingerprint density at radius 3 is 2.55 bits per heavy atom. The minimum absolute atomic E-state index is 0.138. The van der Waals surface area contributed by atoms with Crippen LogP contribution in [-0.2, 0) is 40.9 Å². The Hall–Kier alpha value is -4.54. The number of carbonyl (C=O) groups is 5. The average Bonchev–Trinajstić information content (AvgIpc) is 3.66. The van der Waals surface area contributed by atoms with Gasteiger partial charge in [0.25, 0.3) is 5.91 Å². The van der Waals surface area contributed by atoms with Gasteiger partial charge in [-0.15, -0.1) is 11.3 Å². The predicted molar refractivity (Wildman–Crippen MR) is 199 cm³/mol. The number of aromatic nitrogens is 3. The van der Waals surface area contributed by atoms with Crippen molar-refractivity contribution in [3.8, 4) is 11.3 Å². The Bertz CT molecular complexity index is 1880. The predicted octanol–water partition coefficient (Wildman–Crippen LogP) is 2.84. The lowest BCUT2D eigenvalue weighted by Crippen LogP contribution is -2.52. The summed E-state index contributed by atoms with van der Waals surface area (Å²) in [5, 5.41) is 18.0. The number of carbonyl (C=O) groups excluding carboxylic acids is 5. The van der Waals surface area contributed by atoms with Gasteiger partial charge >= 0.3 is 6.03 Å². The molecule has 3 aromatic rings. The Kier molecular flexibility index (Phi) is 11.3. The summed E-state index contributed by atoms with van der Waals surface area (Å²) < 4.78 is 2.16. The number of amides is 6. The molecule has 3 fully saturated rings. The summed E-state index contributed by atoms with van der Waals surface area (Å²) in [6.45, 7) is 1.28. The maximum Gasteiger partial charge on any atom is 0.315 e. The van der Waals surface area contributed by atoms with E-state index in [9.17, 15) is 24.0 Å². The number of anilines is 1. The van der Waals surface area contributed by atoms with E-state index in [0.717, 1.165) is 59.7 Å². The molecule has 282 valence electrons. The lowest BCUT2D eigenvalue weighted by atomic mass is 9.91. The molecule has 17 heteroatoms. The molecule has 1 unspecified atom stereocenters. The zero-order valence-electron chi connectivity index (χ0n) is 29.6. The summed E-state index contributed by atoms with van der Waals surface area (Å²) in [6.07, 6.45) is 11.5. The first-order valence-electron chi connectivity index (χ1n) is 18.3. The molecule has 2 saturated carbocycles. The topological polar surface area (TPSA) is 191 Å². The SMILES string of the molecule is Cn1ccc(-c2nc(NC3CCC(NCC(=O)NCCNC(=O)NCc4cc5c(s4)C(=O)N(C4CCC(=O)NC4=O)C5)CC3)ncc2Cl)c1CC1CC1. The zero-order valence-corrected chi connectivity index (χ0v) is 31.2. The van der Waals surface area contributed by atoms with Gasteiger partial charge in [-0.05, 0) is 75.0 Å². The van der Waals surface area contributed by atoms with Crippen LogP contribution in [0.5, 0.6) is 0 Å². The largest absolute Gasteiger partial charge is 0.354 e. The highest BCUT2D eigenvalue weighted by molar-refractivity contribution is 7.14. The van der Waals surface area contributed by atoms with Crippen molar-refractivity contribution >= 4 is 58.5 Å². The number of halogens is 1. The van der Waals surface area contributed by atoms with Crippen LogP contribution in [0.15, 0.2) is 24.5 Å². The third-order valence-electron chi connectivity index (χ3n) is 10.4. The van der Waals surface area contributed by atoms with Gasteiger partial charge in [0, 0.05) is 67.5 Å². The number of imide groups is 1. The van der Waals surface area contributed by atoms with Crippen LogP contribution < -0.4 is 31.9 Å². The standard InChI is InChI=1S/C36H45ClN10O5S/c1-46-13-10-25(28(46)14-20-2-3-20)31-26(37)17-41-35(45-31)43-23-6-4-22(5-7-23)40-18-30(49)38-11-12-39-36(52)42-16-24-15-21-19-47(34(51)32(21)53-24)27-8-9-29(48)44-33(27)50/h10,13,15,17,20,22-23,27,40H,2-9,11-12,14,16,18-19H2,1H3,(H,38,49)(H2,39,42,52)(H,41,43,45)(H,44,48,50). The van der Waals surface area contributed by atoms with Crippen molar-refractivity contribution in [2.24, 2.45) is 13.0 Å². The highest BCUT2D eigenvalue weighted by Crippen LogP contribution is 2.38. The van der Waals surface area contributed by atoms with Gasteiger partial charge in [0.1, 0.15) is 6.04 Å². The first-order valence-corrected chi connectivity index (χ1v) is 19.5. The second-order valence-corrected chi connectivity index (χ2v) is 15.9. The van der Waals surface area contributed by atoms with Crippen LogP contribution in [0.25, 0.3) is 11.3 Å². The Morgan fingerprint density at radius 2 is 1.79 bits per heavy atom. The van der Waals surface area contributed by atoms with Crippen molar-refractivity contribution in [3.63, 3.8) is 0 Å². The fraction of sp³-hybridized carbons (Fsp3) is 0.528. The van der Waals surface area contributed by atoms with Crippen molar-refractivity contribution in [2.75, 3.05) is 25.0 Å². The summed E-state index contributed by atoms with van der Waals surface area (Å²) in [5.74, 6) is 0.194. The van der Waals surface area contributed by atoms with Crippen LogP contribution in [-0.4, -0.2) is 86.9 Å². The smallest absolute Gasteiger partial charge is 0.315 e. The van der Waals surface area contributed by atoms with Gasteiger partial charge in [-0.25, -0.2) is 14.8 Å². The van der Waals surface area contributed by atoms with Crippen LogP contribution in [0, 0.1) is 5.92 Å². The van der Waals surface area contributed by atoms with E-state index in [1.165, 1.54) is 34.8 Å². The van der Waals surface area contributed by atoms with E-state index in [1.54, 1.807) is 6.20 Å². The van der Waals surface area contributed by atoms with Crippen LogP contribution >= 0.6 is 22.9 Å². The van der Waals surface area contributed by atoms with E-state index in [-0.39, 0.29) is 68.4 Å². The molecule has 6 N–H and O–H groups in total. The molecule has 0 radical (unpaired) electrons. The maximum atomic E-state index is 12.9. The molecular weight excluding hydrogens is 720 g/mol. The van der Waals surface area contributed by atoms with E-state index in [0.29, 0.717) is 28.8 Å². The van der Waals surface area contributed by atoms with Crippen LogP contribution in [0.1, 0.15) is 77.2 Å². The second-order valence-electron chi connectivity index (χ2n) is 14.3. The number of thiophene rings is 1. The lowest BCUT2D eigenvalue weighted by molar-refractivity contribution is -0.137. The molecule has 0 bridgehead atoms. The molecule has 1 atom stereocenters. The molecule has 4 aliphatic rings.